The van der Waals surface area contributed by atoms with Crippen LogP contribution in [0.1, 0.15) is 56.1 Å². The van der Waals surface area contributed by atoms with E-state index in [4.69, 9.17) is 0 Å². The molecule has 1 aromatic rings. The van der Waals surface area contributed by atoms with Crippen LogP contribution in [0, 0.1) is 5.92 Å². The van der Waals surface area contributed by atoms with Gasteiger partial charge >= 0.3 is 0 Å². The second kappa shape index (κ2) is 9.36. The van der Waals surface area contributed by atoms with Crippen LogP contribution in [0.25, 0.3) is 6.08 Å². The third-order valence-corrected chi connectivity index (χ3v) is 7.53. The lowest BCUT2D eigenvalue weighted by molar-refractivity contribution is -0.205. The number of carbonyl (C=O) groups is 2. The van der Waals surface area contributed by atoms with Gasteiger partial charge in [-0.25, -0.2) is 0 Å². The minimum absolute atomic E-state index is 0.0283. The van der Waals surface area contributed by atoms with Crippen LogP contribution in [0.5, 0.6) is 0 Å². The lowest BCUT2D eigenvalue weighted by Gasteiger charge is -2.70. The molecule has 1 aromatic carbocycles. The molecule has 1 aliphatic carbocycles. The van der Waals surface area contributed by atoms with E-state index in [9.17, 15) is 14.7 Å². The molecule has 6 heteroatoms. The fourth-order valence-corrected chi connectivity index (χ4v) is 6.14. The maximum Gasteiger partial charge on any atom is 0.237 e. The van der Waals surface area contributed by atoms with E-state index >= 15 is 0 Å². The van der Waals surface area contributed by atoms with Crippen molar-refractivity contribution in [1.29, 1.82) is 0 Å². The molecule has 174 valence electrons. The SMILES string of the molecule is C/C=C/c1ccc([C@H]2[C@@H](CO)N(C(=O)CN(C)C)C23CN(C(=O)C2CCCCC2)C3)cc1. The summed E-state index contributed by atoms with van der Waals surface area (Å²) in [4.78, 5) is 32.0. The number of likely N-dealkylation sites (tertiary alicyclic amines) is 2. The number of amides is 2. The monoisotopic (exact) mass is 439 g/mol. The van der Waals surface area contributed by atoms with Crippen molar-refractivity contribution in [2.45, 2.75) is 56.5 Å². The average molecular weight is 440 g/mol. The molecule has 0 bridgehead atoms. The fourth-order valence-electron chi connectivity index (χ4n) is 6.14. The second-order valence-electron chi connectivity index (χ2n) is 10.0. The molecule has 0 radical (unpaired) electrons. The maximum absolute atomic E-state index is 13.2. The fraction of sp³-hybridized carbons (Fsp3) is 0.615. The van der Waals surface area contributed by atoms with Gasteiger partial charge in [-0.1, -0.05) is 55.7 Å². The first-order valence-electron chi connectivity index (χ1n) is 12.0. The van der Waals surface area contributed by atoms with Gasteiger partial charge in [0.1, 0.15) is 0 Å². The summed E-state index contributed by atoms with van der Waals surface area (Å²) < 4.78 is 0. The molecule has 2 amide bonds. The number of hydrogen-bond donors (Lipinski definition) is 1. The van der Waals surface area contributed by atoms with Gasteiger partial charge in [0.05, 0.1) is 24.7 Å². The third-order valence-electron chi connectivity index (χ3n) is 7.53. The normalized spacial score (nSPS) is 25.3. The molecule has 4 rings (SSSR count). The zero-order chi connectivity index (χ0) is 22.9. The molecule has 3 fully saturated rings. The van der Waals surface area contributed by atoms with Gasteiger partial charge in [0.2, 0.25) is 11.8 Å². The van der Waals surface area contributed by atoms with Gasteiger partial charge in [-0.3, -0.25) is 9.59 Å². The molecular formula is C26H37N3O3. The van der Waals surface area contributed by atoms with E-state index in [1.54, 1.807) is 0 Å². The van der Waals surface area contributed by atoms with Gasteiger partial charge < -0.3 is 19.8 Å². The number of carbonyl (C=O) groups excluding carboxylic acids is 2. The number of aliphatic hydroxyl groups excluding tert-OH is 1. The van der Waals surface area contributed by atoms with Crippen LogP contribution >= 0.6 is 0 Å². The van der Waals surface area contributed by atoms with E-state index in [0.29, 0.717) is 19.6 Å². The highest BCUT2D eigenvalue weighted by molar-refractivity contribution is 5.84. The van der Waals surface area contributed by atoms with Crippen LogP contribution in [0.4, 0.5) is 0 Å². The molecule has 2 saturated heterocycles. The third kappa shape index (κ3) is 3.99. The van der Waals surface area contributed by atoms with Crippen molar-refractivity contribution in [3.8, 4) is 0 Å². The maximum atomic E-state index is 13.2. The topological polar surface area (TPSA) is 64.1 Å². The molecular weight excluding hydrogens is 402 g/mol. The van der Waals surface area contributed by atoms with Crippen molar-refractivity contribution < 1.29 is 14.7 Å². The van der Waals surface area contributed by atoms with Crippen molar-refractivity contribution >= 4 is 17.9 Å². The zero-order valence-corrected chi connectivity index (χ0v) is 19.7. The average Bonchev–Trinajstić information content (AvgIpc) is 2.73. The van der Waals surface area contributed by atoms with Gasteiger partial charge in [-0.15, -0.1) is 0 Å². The Labute approximate surface area is 191 Å². The summed E-state index contributed by atoms with van der Waals surface area (Å²) in [6.07, 6.45) is 9.54. The minimum atomic E-state index is -0.410. The summed E-state index contributed by atoms with van der Waals surface area (Å²) in [6, 6.07) is 8.16. The molecule has 2 heterocycles. The summed E-state index contributed by atoms with van der Waals surface area (Å²) in [6.45, 7) is 3.37. The largest absolute Gasteiger partial charge is 0.394 e. The first-order valence-corrected chi connectivity index (χ1v) is 12.0. The Morgan fingerprint density at radius 2 is 1.78 bits per heavy atom. The van der Waals surface area contributed by atoms with Crippen molar-refractivity contribution in [2.24, 2.45) is 5.92 Å². The van der Waals surface area contributed by atoms with E-state index in [1.165, 1.54) is 6.42 Å². The minimum Gasteiger partial charge on any atom is -0.394 e. The number of allylic oxidation sites excluding steroid dienone is 1. The van der Waals surface area contributed by atoms with Crippen LogP contribution in [-0.2, 0) is 9.59 Å². The first kappa shape index (κ1) is 23.0. The highest BCUT2D eigenvalue weighted by Crippen LogP contribution is 2.54. The molecule has 0 aromatic heterocycles. The van der Waals surface area contributed by atoms with Gasteiger partial charge in [0.15, 0.2) is 0 Å². The van der Waals surface area contributed by atoms with Crippen LogP contribution < -0.4 is 0 Å². The molecule has 0 unspecified atom stereocenters. The van der Waals surface area contributed by atoms with Gasteiger partial charge in [-0.05, 0) is 45.0 Å². The lowest BCUT2D eigenvalue weighted by atomic mass is 9.60. The number of aliphatic hydroxyl groups is 1. The Morgan fingerprint density at radius 3 is 2.34 bits per heavy atom. The number of rotatable bonds is 6. The molecule has 1 N–H and O–H groups in total. The highest BCUT2D eigenvalue weighted by atomic mass is 16.3. The van der Waals surface area contributed by atoms with Gasteiger partial charge in [-0.2, -0.15) is 0 Å². The van der Waals surface area contributed by atoms with Crippen LogP contribution in [0.15, 0.2) is 30.3 Å². The summed E-state index contributed by atoms with van der Waals surface area (Å²) in [5.41, 5.74) is 1.86. The van der Waals surface area contributed by atoms with E-state index in [1.807, 2.05) is 41.8 Å². The predicted octanol–water partition coefficient (Wildman–Crippen LogP) is 2.73. The molecule has 2 aliphatic heterocycles. The molecule has 3 aliphatic rings. The lowest BCUT2D eigenvalue weighted by Crippen LogP contribution is -2.86. The highest BCUT2D eigenvalue weighted by Gasteiger charge is 2.68. The molecule has 1 spiro atoms. The predicted molar refractivity (Wildman–Crippen MR) is 126 cm³/mol. The number of likely N-dealkylation sites (N-methyl/N-ethyl adjacent to an activating group) is 1. The van der Waals surface area contributed by atoms with Crippen molar-refractivity contribution in [2.75, 3.05) is 40.3 Å². The van der Waals surface area contributed by atoms with Crippen molar-refractivity contribution in [1.82, 2.24) is 14.7 Å². The van der Waals surface area contributed by atoms with Crippen molar-refractivity contribution in [3.63, 3.8) is 0 Å². The number of hydrogen-bond acceptors (Lipinski definition) is 4. The Kier molecular flexibility index (Phi) is 6.72. The molecule has 6 nitrogen and oxygen atoms in total. The smallest absolute Gasteiger partial charge is 0.237 e. The Hall–Kier alpha value is -2.18. The quantitative estimate of drug-likeness (QED) is 0.740. The van der Waals surface area contributed by atoms with Crippen LogP contribution in [0.3, 0.4) is 0 Å². The summed E-state index contributed by atoms with van der Waals surface area (Å²) >= 11 is 0. The van der Waals surface area contributed by atoms with Gasteiger partial charge in [0, 0.05) is 24.9 Å². The number of nitrogens with zero attached hydrogens (tertiary/aromatic N) is 3. The van der Waals surface area contributed by atoms with Crippen molar-refractivity contribution in [3.05, 3.63) is 41.5 Å². The standard InChI is InChI=1S/C26H37N3O3/c1-4-8-19-11-13-20(14-12-19)24-22(16-30)29(23(31)15-27(2)3)26(24)17-28(18-26)25(32)21-9-6-5-7-10-21/h4,8,11-14,21-22,24,30H,5-7,9-10,15-18H2,1-3H3/b8-4+/t22-,24+/m1/s1. The Balaban J connectivity index is 1.58. The van der Waals surface area contributed by atoms with E-state index in [0.717, 1.165) is 36.8 Å². The summed E-state index contributed by atoms with van der Waals surface area (Å²) in [5.74, 6) is 0.457. The van der Waals surface area contributed by atoms with Gasteiger partial charge in [0.25, 0.3) is 0 Å². The Morgan fingerprint density at radius 1 is 1.12 bits per heavy atom. The van der Waals surface area contributed by atoms with Crippen LogP contribution in [0.2, 0.25) is 0 Å². The molecule has 1 saturated carbocycles. The first-order chi connectivity index (χ1) is 15.4. The number of benzene rings is 1. The summed E-state index contributed by atoms with van der Waals surface area (Å²) in [5, 5.41) is 10.2. The second-order valence-corrected chi connectivity index (χ2v) is 10.0. The van der Waals surface area contributed by atoms with E-state index in [2.05, 4.69) is 30.3 Å². The van der Waals surface area contributed by atoms with E-state index < -0.39 is 5.54 Å². The summed E-state index contributed by atoms with van der Waals surface area (Å²) in [7, 11) is 3.77. The van der Waals surface area contributed by atoms with Crippen LogP contribution in [-0.4, -0.2) is 83.5 Å². The van der Waals surface area contributed by atoms with E-state index in [-0.39, 0.29) is 36.3 Å². The zero-order valence-electron chi connectivity index (χ0n) is 19.7. The molecule has 32 heavy (non-hydrogen) atoms. The molecule has 2 atom stereocenters. The Bertz CT molecular complexity index is 852.